The van der Waals surface area contributed by atoms with E-state index in [1.807, 2.05) is 75.8 Å². The van der Waals surface area contributed by atoms with Crippen LogP contribution in [0.25, 0.3) is 0 Å². The lowest BCUT2D eigenvalue weighted by Gasteiger charge is -2.31. The summed E-state index contributed by atoms with van der Waals surface area (Å²) in [6, 6.07) is -0.638. The van der Waals surface area contributed by atoms with Crippen LogP contribution in [0.15, 0.2) is 97.2 Å². The minimum Gasteiger partial charge on any atom is -0.477 e. The molecule has 0 heterocycles. The second kappa shape index (κ2) is 30.6. The maximum absolute atomic E-state index is 12.6. The number of nitrogens with zero attached hydrogens (tertiary/aromatic N) is 1. The minimum atomic E-state index is -0.900. The van der Waals surface area contributed by atoms with Gasteiger partial charge in [0.1, 0.15) is 6.61 Å². The van der Waals surface area contributed by atoms with Crippen LogP contribution >= 0.6 is 0 Å². The molecule has 8 nitrogen and oxygen atoms in total. The Labute approximate surface area is 290 Å². The zero-order valence-corrected chi connectivity index (χ0v) is 30.1. The molecule has 0 aromatic heterocycles. The molecule has 48 heavy (non-hydrogen) atoms. The van der Waals surface area contributed by atoms with Gasteiger partial charge in [0.25, 0.3) is 0 Å². The molecule has 0 amide bonds. The van der Waals surface area contributed by atoms with Crippen LogP contribution in [-0.2, 0) is 28.6 Å². The molecule has 0 aromatic rings. The summed E-state index contributed by atoms with van der Waals surface area (Å²) in [7, 11) is 5.45. The van der Waals surface area contributed by atoms with Gasteiger partial charge in [-0.2, -0.15) is 0 Å². The van der Waals surface area contributed by atoms with Gasteiger partial charge in [0.15, 0.2) is 12.1 Å². The van der Waals surface area contributed by atoms with Crippen LogP contribution in [0.3, 0.4) is 0 Å². The van der Waals surface area contributed by atoms with E-state index >= 15 is 0 Å². The Bertz CT molecular complexity index is 1100. The number of aliphatic carboxylic acids is 1. The van der Waals surface area contributed by atoms with Gasteiger partial charge < -0.3 is 23.8 Å². The van der Waals surface area contributed by atoms with E-state index in [1.54, 1.807) is 0 Å². The first kappa shape index (κ1) is 44.2. The van der Waals surface area contributed by atoms with Crippen molar-refractivity contribution < 1.29 is 38.2 Å². The Morgan fingerprint density at radius 2 is 1.17 bits per heavy atom. The smallest absolute Gasteiger partial charge is 0.362 e. The van der Waals surface area contributed by atoms with Gasteiger partial charge in [-0.05, 0) is 51.4 Å². The molecule has 0 saturated carbocycles. The van der Waals surface area contributed by atoms with Gasteiger partial charge in [-0.3, -0.25) is 9.59 Å². The summed E-state index contributed by atoms with van der Waals surface area (Å²) in [4.78, 5) is 36.6. The van der Waals surface area contributed by atoms with Gasteiger partial charge in [0.2, 0.25) is 0 Å². The number of carboxylic acid groups (broad SMARTS) is 1. The summed E-state index contributed by atoms with van der Waals surface area (Å²) in [5.41, 5.74) is 0. The number of rotatable bonds is 28. The summed E-state index contributed by atoms with van der Waals surface area (Å²) in [5.74, 6) is -1.66. The summed E-state index contributed by atoms with van der Waals surface area (Å²) in [6.07, 6.45) is 39.1. The van der Waals surface area contributed by atoms with Gasteiger partial charge in [0.05, 0.1) is 34.4 Å². The molecular formula is C40H62NO7+. The highest BCUT2D eigenvalue weighted by molar-refractivity contribution is 5.72. The maximum Gasteiger partial charge on any atom is 0.362 e. The first-order chi connectivity index (χ1) is 23.1. The van der Waals surface area contributed by atoms with Crippen molar-refractivity contribution in [1.29, 1.82) is 0 Å². The number of carbonyl (C=O) groups excluding carboxylic acids is 2. The fraction of sp³-hybridized carbons (Fsp3) is 0.525. The Hall–Kier alpha value is -3.75. The maximum atomic E-state index is 12.6. The molecule has 0 aliphatic carbocycles. The fourth-order valence-electron chi connectivity index (χ4n) is 4.20. The largest absolute Gasteiger partial charge is 0.477 e. The number of unbranched alkanes of at least 4 members (excludes halogenated alkanes) is 2. The van der Waals surface area contributed by atoms with Gasteiger partial charge in [-0.1, -0.05) is 111 Å². The standard InChI is InChI=1S/C40H61NO7/c1-6-8-10-12-14-16-18-19-21-23-25-27-29-31-39(43)48-36(34-46-33-32-37(40(44)45)41(3,4)5)35-47-38(42)30-28-26-24-22-20-17-15-13-11-9-7-2/h8-12,14-19,21-25,36-37H,6-7,13,20,26-35H2,1-5H3/p+1/b10-8+,11-9+,14-12+,17-15+,18-16+,21-19+,24-22+,25-23+. The number of hydrogen-bond acceptors (Lipinski definition) is 6. The van der Waals surface area contributed by atoms with Crippen LogP contribution in [0, 0.1) is 0 Å². The van der Waals surface area contributed by atoms with Crippen LogP contribution in [0.5, 0.6) is 0 Å². The number of hydrogen-bond donors (Lipinski definition) is 1. The first-order valence-corrected chi connectivity index (χ1v) is 17.3. The molecule has 2 atom stereocenters. The topological polar surface area (TPSA) is 99.1 Å². The SMILES string of the molecule is CC/C=C/C=C/C=C/C=C/C=C/CCCC(=O)OC(COCCC(C(=O)O)[N+](C)(C)C)COC(=O)CCC/C=C/C/C=C/C/C=C/CC. The van der Waals surface area contributed by atoms with Crippen LogP contribution in [0.2, 0.25) is 0 Å². The lowest BCUT2D eigenvalue weighted by atomic mass is 10.1. The van der Waals surface area contributed by atoms with E-state index in [1.165, 1.54) is 0 Å². The van der Waals surface area contributed by atoms with Gasteiger partial charge in [-0.15, -0.1) is 0 Å². The van der Waals surface area contributed by atoms with Crippen LogP contribution in [0.1, 0.15) is 84.5 Å². The zero-order chi connectivity index (χ0) is 35.7. The molecule has 2 unspecified atom stereocenters. The lowest BCUT2D eigenvalue weighted by molar-refractivity contribution is -0.887. The van der Waals surface area contributed by atoms with Gasteiger partial charge >= 0.3 is 17.9 Å². The second-order valence-corrected chi connectivity index (χ2v) is 12.1. The van der Waals surface area contributed by atoms with Gasteiger partial charge in [0, 0.05) is 19.3 Å². The van der Waals surface area contributed by atoms with Crippen molar-refractivity contribution in [3.8, 4) is 0 Å². The number of carbonyl (C=O) groups is 3. The number of likely N-dealkylation sites (N-methyl/N-ethyl adjacent to an activating group) is 1. The third-order valence-corrected chi connectivity index (χ3v) is 6.86. The van der Waals surface area contributed by atoms with Crippen LogP contribution in [0.4, 0.5) is 0 Å². The summed E-state index contributed by atoms with van der Waals surface area (Å²) < 4.78 is 17.0. The number of allylic oxidation sites excluding steroid dienone is 16. The van der Waals surface area contributed by atoms with E-state index in [9.17, 15) is 19.5 Å². The highest BCUT2D eigenvalue weighted by atomic mass is 16.6. The van der Waals surface area contributed by atoms with E-state index in [0.29, 0.717) is 25.7 Å². The van der Waals surface area contributed by atoms with Crippen molar-refractivity contribution >= 4 is 17.9 Å². The van der Waals surface area contributed by atoms with Crippen molar-refractivity contribution in [2.45, 2.75) is 96.6 Å². The van der Waals surface area contributed by atoms with Crippen molar-refractivity contribution in [1.82, 2.24) is 0 Å². The van der Waals surface area contributed by atoms with E-state index in [2.05, 4.69) is 56.4 Å². The number of carboxylic acids is 1. The molecule has 0 aromatic carbocycles. The molecule has 0 aliphatic heterocycles. The van der Waals surface area contributed by atoms with Gasteiger partial charge in [-0.25, -0.2) is 4.79 Å². The predicted molar refractivity (Wildman–Crippen MR) is 196 cm³/mol. The Morgan fingerprint density at radius 1 is 0.646 bits per heavy atom. The van der Waals surface area contributed by atoms with Crippen molar-refractivity contribution in [2.24, 2.45) is 0 Å². The van der Waals surface area contributed by atoms with Crippen LogP contribution < -0.4 is 0 Å². The Kier molecular flexibility index (Phi) is 28.2. The Balaban J connectivity index is 4.72. The molecule has 0 spiro atoms. The first-order valence-electron chi connectivity index (χ1n) is 17.3. The van der Waals surface area contributed by atoms with Crippen molar-refractivity contribution in [2.75, 3.05) is 41.0 Å². The van der Waals surface area contributed by atoms with E-state index in [4.69, 9.17) is 14.2 Å². The molecule has 0 saturated heterocycles. The van der Waals surface area contributed by atoms with Crippen LogP contribution in [-0.4, -0.2) is 80.6 Å². The normalized spacial score (nSPS) is 14.3. The quantitative estimate of drug-likeness (QED) is 0.0294. The second-order valence-electron chi connectivity index (χ2n) is 12.1. The Morgan fingerprint density at radius 3 is 1.75 bits per heavy atom. The average Bonchev–Trinajstić information content (AvgIpc) is 3.03. The van der Waals surface area contributed by atoms with E-state index in [-0.39, 0.29) is 43.1 Å². The molecule has 1 N–H and O–H groups in total. The minimum absolute atomic E-state index is 0.00921. The molecule has 0 bridgehead atoms. The average molecular weight is 669 g/mol. The highest BCUT2D eigenvalue weighted by Crippen LogP contribution is 2.10. The molecule has 268 valence electrons. The third kappa shape index (κ3) is 28.5. The van der Waals surface area contributed by atoms with Crippen molar-refractivity contribution in [3.63, 3.8) is 0 Å². The summed E-state index contributed by atoms with van der Waals surface area (Å²) >= 11 is 0. The number of ether oxygens (including phenoxy) is 3. The highest BCUT2D eigenvalue weighted by Gasteiger charge is 2.31. The molecule has 0 fully saturated rings. The van der Waals surface area contributed by atoms with Crippen molar-refractivity contribution in [3.05, 3.63) is 97.2 Å². The van der Waals surface area contributed by atoms with E-state index in [0.717, 1.165) is 32.1 Å². The molecule has 0 aliphatic rings. The molecule has 0 radical (unpaired) electrons. The lowest BCUT2D eigenvalue weighted by Crippen LogP contribution is -2.50. The monoisotopic (exact) mass is 668 g/mol. The summed E-state index contributed by atoms with van der Waals surface area (Å²) in [6.45, 7) is 4.28. The molecule has 0 rings (SSSR count). The number of quaternary nitrogens is 1. The zero-order valence-electron chi connectivity index (χ0n) is 30.1. The van der Waals surface area contributed by atoms with E-state index < -0.39 is 24.1 Å². The molecular weight excluding hydrogens is 606 g/mol. The predicted octanol–water partition coefficient (Wildman–Crippen LogP) is 8.40. The molecule has 8 heteroatoms. The fourth-order valence-corrected chi connectivity index (χ4v) is 4.20. The third-order valence-electron chi connectivity index (χ3n) is 6.86. The number of esters is 2. The summed E-state index contributed by atoms with van der Waals surface area (Å²) in [5, 5.41) is 9.56.